The number of para-hydroxylation sites is 1. The summed E-state index contributed by atoms with van der Waals surface area (Å²) in [7, 11) is 0. The standard InChI is InChI=1S/C72H57BN4/c1-71(2,3)56-37-55(38-57(45-56)72(4,5)6)70-74-63-28-18-17-27-60(63)69(75-70)54-43-66-68-67(44-54)77(59-35-31-49(32-36-59)47-21-11-8-12-22-47)65-42-53-26-16-14-24-51(53)40-62(65)73(68)61-39-50-23-13-15-25-52(50)41-64(61)76(66)58-33-29-48(30-34-58)46-19-9-7-10-20-46/h7-45H,1-6H3. The van der Waals surface area contributed by atoms with Gasteiger partial charge in [-0.3, -0.25) is 0 Å². The quantitative estimate of drug-likeness (QED) is 0.155. The molecule has 11 aromatic carbocycles. The molecule has 4 nitrogen and oxygen atoms in total. The van der Waals surface area contributed by atoms with Crippen molar-refractivity contribution in [3.63, 3.8) is 0 Å². The van der Waals surface area contributed by atoms with Gasteiger partial charge in [-0.25, -0.2) is 9.97 Å². The maximum Gasteiger partial charge on any atom is 0.252 e. The zero-order valence-corrected chi connectivity index (χ0v) is 44.4. The van der Waals surface area contributed by atoms with Gasteiger partial charge in [-0.05, 0) is 149 Å². The van der Waals surface area contributed by atoms with E-state index in [0.29, 0.717) is 0 Å². The van der Waals surface area contributed by atoms with Crippen molar-refractivity contribution < 1.29 is 0 Å². The van der Waals surface area contributed by atoms with Crippen LogP contribution >= 0.6 is 0 Å². The summed E-state index contributed by atoms with van der Waals surface area (Å²) in [5, 5.41) is 5.85. The fraction of sp³-hybridized carbons (Fsp3) is 0.111. The van der Waals surface area contributed by atoms with Crippen molar-refractivity contribution in [2.75, 3.05) is 9.80 Å². The molecule has 3 heterocycles. The molecule has 2 aliphatic heterocycles. The molecule has 0 radical (unpaired) electrons. The van der Waals surface area contributed by atoms with Gasteiger partial charge in [0.25, 0.3) is 6.71 Å². The number of fused-ring (bicyclic) bond motifs is 7. The van der Waals surface area contributed by atoms with Crippen molar-refractivity contribution in [1.82, 2.24) is 9.97 Å². The number of anilines is 6. The monoisotopic (exact) mass is 988 g/mol. The summed E-state index contributed by atoms with van der Waals surface area (Å²) in [6, 6.07) is 87.5. The molecule has 0 spiro atoms. The highest BCUT2D eigenvalue weighted by molar-refractivity contribution is 7.00. The Morgan fingerprint density at radius 2 is 0.753 bits per heavy atom. The van der Waals surface area contributed by atoms with Crippen LogP contribution in [0.25, 0.3) is 77.3 Å². The summed E-state index contributed by atoms with van der Waals surface area (Å²) < 4.78 is 0. The molecule has 0 N–H and O–H groups in total. The largest absolute Gasteiger partial charge is 0.311 e. The Bertz CT molecular complexity index is 4060. The fourth-order valence-electron chi connectivity index (χ4n) is 12.0. The van der Waals surface area contributed by atoms with Crippen molar-refractivity contribution in [3.8, 4) is 44.9 Å². The first kappa shape index (κ1) is 46.5. The molecule has 0 bridgehead atoms. The van der Waals surface area contributed by atoms with Gasteiger partial charge in [-0.1, -0.05) is 211 Å². The number of hydrogen-bond donors (Lipinski definition) is 0. The number of aromatic nitrogens is 2. The Hall–Kier alpha value is -9.06. The molecule has 12 aromatic rings. The van der Waals surface area contributed by atoms with Crippen LogP contribution in [0.3, 0.4) is 0 Å². The zero-order valence-electron chi connectivity index (χ0n) is 44.4. The van der Waals surface area contributed by atoms with Crippen LogP contribution in [-0.2, 0) is 10.8 Å². The van der Waals surface area contributed by atoms with E-state index < -0.39 is 0 Å². The lowest BCUT2D eigenvalue weighted by molar-refractivity contribution is 0.569. The second-order valence-corrected chi connectivity index (χ2v) is 23.1. The first-order valence-corrected chi connectivity index (χ1v) is 27.0. The first-order valence-electron chi connectivity index (χ1n) is 27.0. The van der Waals surface area contributed by atoms with Crippen LogP contribution in [0.4, 0.5) is 34.1 Å². The molecule has 5 heteroatoms. The summed E-state index contributed by atoms with van der Waals surface area (Å²) in [5.74, 6) is 0.717. The van der Waals surface area contributed by atoms with Gasteiger partial charge in [0.15, 0.2) is 5.82 Å². The minimum atomic E-state index is -0.0957. The summed E-state index contributed by atoms with van der Waals surface area (Å²) in [5.41, 5.74) is 21.5. The SMILES string of the molecule is CC(C)(C)c1cc(-c2nc(-c3cc4c5c(c3)N(c3ccc(-c6ccccc6)cc3)c3cc6ccccc6cc3B5c3cc5ccccc5cc3N4c3ccc(-c4ccccc4)cc3)c3ccccc3n2)cc(C(C)(C)C)c1. The third-order valence-corrected chi connectivity index (χ3v) is 16.1. The number of benzene rings is 11. The van der Waals surface area contributed by atoms with E-state index in [2.05, 4.69) is 288 Å². The number of hydrogen-bond acceptors (Lipinski definition) is 4. The normalized spacial score (nSPS) is 13.0. The molecule has 0 saturated heterocycles. The lowest BCUT2D eigenvalue weighted by Gasteiger charge is -2.44. The van der Waals surface area contributed by atoms with E-state index in [1.807, 2.05) is 0 Å². The third kappa shape index (κ3) is 7.99. The Kier molecular flexibility index (Phi) is 10.7. The topological polar surface area (TPSA) is 32.3 Å². The molecule has 77 heavy (non-hydrogen) atoms. The first-order chi connectivity index (χ1) is 37.4. The van der Waals surface area contributed by atoms with Gasteiger partial charge in [-0.2, -0.15) is 0 Å². The Labute approximate surface area is 452 Å². The van der Waals surface area contributed by atoms with Crippen molar-refractivity contribution in [3.05, 3.63) is 248 Å². The molecule has 368 valence electrons. The second kappa shape index (κ2) is 17.8. The van der Waals surface area contributed by atoms with Crippen LogP contribution in [0.5, 0.6) is 0 Å². The predicted octanol–water partition coefficient (Wildman–Crippen LogP) is 17.3. The van der Waals surface area contributed by atoms with E-state index in [-0.39, 0.29) is 17.5 Å². The van der Waals surface area contributed by atoms with E-state index in [1.54, 1.807) is 0 Å². The molecule has 1 aromatic heterocycles. The van der Waals surface area contributed by atoms with Gasteiger partial charge in [0.2, 0.25) is 0 Å². The summed E-state index contributed by atoms with van der Waals surface area (Å²) >= 11 is 0. The molecule has 0 fully saturated rings. The van der Waals surface area contributed by atoms with E-state index in [4.69, 9.17) is 9.97 Å². The van der Waals surface area contributed by atoms with Crippen molar-refractivity contribution in [2.45, 2.75) is 52.4 Å². The minimum Gasteiger partial charge on any atom is -0.311 e. The van der Waals surface area contributed by atoms with E-state index in [9.17, 15) is 0 Å². The van der Waals surface area contributed by atoms with Crippen molar-refractivity contribution in [1.29, 1.82) is 0 Å². The van der Waals surface area contributed by atoms with Gasteiger partial charge in [0.05, 0.1) is 11.2 Å². The van der Waals surface area contributed by atoms with Crippen LogP contribution in [-0.4, -0.2) is 16.7 Å². The maximum absolute atomic E-state index is 5.76. The van der Waals surface area contributed by atoms with E-state index >= 15 is 0 Å². The third-order valence-electron chi connectivity index (χ3n) is 16.1. The fourth-order valence-corrected chi connectivity index (χ4v) is 12.0. The molecule has 0 atom stereocenters. The molecular formula is C72H57BN4. The minimum absolute atomic E-state index is 0.0812. The van der Waals surface area contributed by atoms with Gasteiger partial charge >= 0.3 is 0 Å². The van der Waals surface area contributed by atoms with Gasteiger partial charge in [0.1, 0.15) is 0 Å². The molecule has 0 saturated carbocycles. The summed E-state index contributed by atoms with van der Waals surface area (Å²) in [4.78, 5) is 16.2. The summed E-state index contributed by atoms with van der Waals surface area (Å²) in [6.45, 7) is 13.7. The second-order valence-electron chi connectivity index (χ2n) is 23.1. The van der Waals surface area contributed by atoms with E-state index in [1.165, 1.54) is 82.7 Å². The zero-order chi connectivity index (χ0) is 52.2. The van der Waals surface area contributed by atoms with E-state index in [0.717, 1.165) is 56.3 Å². The highest BCUT2D eigenvalue weighted by Crippen LogP contribution is 2.48. The Morgan fingerprint density at radius 1 is 0.338 bits per heavy atom. The Balaban J connectivity index is 1.09. The van der Waals surface area contributed by atoms with Crippen LogP contribution in [0.2, 0.25) is 0 Å². The maximum atomic E-state index is 5.76. The van der Waals surface area contributed by atoms with Crippen LogP contribution in [0.1, 0.15) is 52.7 Å². The van der Waals surface area contributed by atoms with Crippen LogP contribution in [0, 0.1) is 0 Å². The predicted molar refractivity (Wildman–Crippen MR) is 328 cm³/mol. The van der Waals surface area contributed by atoms with Crippen molar-refractivity contribution >= 4 is 89.7 Å². The molecule has 0 aliphatic carbocycles. The molecule has 0 amide bonds. The number of nitrogens with zero attached hydrogens (tertiary/aromatic N) is 4. The molecule has 2 aliphatic rings. The molecule has 14 rings (SSSR count). The highest BCUT2D eigenvalue weighted by Gasteiger charge is 2.44. The smallest absolute Gasteiger partial charge is 0.252 e. The molecular weight excluding hydrogens is 932 g/mol. The van der Waals surface area contributed by atoms with Gasteiger partial charge in [0, 0.05) is 50.6 Å². The average Bonchev–Trinajstić information content (AvgIpc) is 3.51. The lowest BCUT2D eigenvalue weighted by Crippen LogP contribution is -2.61. The molecule has 0 unspecified atom stereocenters. The summed E-state index contributed by atoms with van der Waals surface area (Å²) in [6.07, 6.45) is 0. The van der Waals surface area contributed by atoms with Crippen molar-refractivity contribution in [2.24, 2.45) is 0 Å². The van der Waals surface area contributed by atoms with Crippen LogP contribution < -0.4 is 26.2 Å². The Morgan fingerprint density at radius 3 is 1.22 bits per heavy atom. The average molecular weight is 989 g/mol. The van der Waals surface area contributed by atoms with Gasteiger partial charge < -0.3 is 9.80 Å². The lowest BCUT2D eigenvalue weighted by atomic mass is 9.33. The highest BCUT2D eigenvalue weighted by atomic mass is 15.2. The number of rotatable bonds is 6. The van der Waals surface area contributed by atoms with Crippen LogP contribution in [0.15, 0.2) is 237 Å². The van der Waals surface area contributed by atoms with Gasteiger partial charge in [-0.15, -0.1) is 0 Å².